The molecule has 3 rings (SSSR count). The second-order valence-corrected chi connectivity index (χ2v) is 5.86. The monoisotopic (exact) mass is 248 g/mol. The van der Waals surface area contributed by atoms with Crippen molar-refractivity contribution in [1.82, 2.24) is 4.90 Å². The van der Waals surface area contributed by atoms with Crippen molar-refractivity contribution in [2.75, 3.05) is 0 Å². The van der Waals surface area contributed by atoms with Crippen LogP contribution in [0.2, 0.25) is 0 Å². The summed E-state index contributed by atoms with van der Waals surface area (Å²) in [5.41, 5.74) is 8.40. The Morgan fingerprint density at radius 1 is 1.28 bits per heavy atom. The summed E-state index contributed by atoms with van der Waals surface area (Å²) in [5, 5.41) is 0. The Bertz CT molecular complexity index is 432. The third kappa shape index (κ3) is 2.17. The summed E-state index contributed by atoms with van der Waals surface area (Å²) in [5.74, 6) is -0.139. The van der Waals surface area contributed by atoms with Crippen LogP contribution >= 0.6 is 0 Å². The van der Waals surface area contributed by atoms with Gasteiger partial charge in [-0.1, -0.05) is 6.07 Å². The molecule has 1 aromatic carbocycles. The van der Waals surface area contributed by atoms with E-state index < -0.39 is 0 Å². The van der Waals surface area contributed by atoms with Gasteiger partial charge in [0.1, 0.15) is 5.82 Å². The molecule has 2 atom stereocenters. The smallest absolute Gasteiger partial charge is 0.123 e. The van der Waals surface area contributed by atoms with Crippen LogP contribution in [-0.2, 0) is 6.54 Å². The van der Waals surface area contributed by atoms with E-state index in [-0.39, 0.29) is 5.82 Å². The molecule has 2 saturated heterocycles. The Morgan fingerprint density at radius 2 is 1.94 bits per heavy atom. The van der Waals surface area contributed by atoms with Crippen molar-refractivity contribution in [3.8, 4) is 0 Å². The van der Waals surface area contributed by atoms with Gasteiger partial charge in [0.2, 0.25) is 0 Å². The van der Waals surface area contributed by atoms with Gasteiger partial charge in [0.05, 0.1) is 0 Å². The molecule has 98 valence electrons. The molecule has 2 unspecified atom stereocenters. The van der Waals surface area contributed by atoms with Crippen molar-refractivity contribution in [3.63, 3.8) is 0 Å². The van der Waals surface area contributed by atoms with E-state index >= 15 is 0 Å². The minimum absolute atomic E-state index is 0.139. The zero-order chi connectivity index (χ0) is 12.7. The van der Waals surface area contributed by atoms with Crippen molar-refractivity contribution < 1.29 is 4.39 Å². The quantitative estimate of drug-likeness (QED) is 0.871. The first kappa shape index (κ1) is 12.1. The van der Waals surface area contributed by atoms with Crippen LogP contribution < -0.4 is 5.73 Å². The summed E-state index contributed by atoms with van der Waals surface area (Å²) in [4.78, 5) is 2.59. The number of hydrogen-bond acceptors (Lipinski definition) is 2. The summed E-state index contributed by atoms with van der Waals surface area (Å²) >= 11 is 0. The predicted molar refractivity (Wildman–Crippen MR) is 70.7 cm³/mol. The third-order valence-electron chi connectivity index (χ3n) is 4.58. The molecule has 2 heterocycles. The molecule has 2 fully saturated rings. The van der Waals surface area contributed by atoms with Crippen LogP contribution in [0.15, 0.2) is 18.2 Å². The van der Waals surface area contributed by atoms with E-state index in [1.807, 2.05) is 13.0 Å². The van der Waals surface area contributed by atoms with Gasteiger partial charge < -0.3 is 5.73 Å². The minimum Gasteiger partial charge on any atom is -0.328 e. The maximum absolute atomic E-state index is 13.1. The molecule has 2 aliphatic rings. The van der Waals surface area contributed by atoms with Crippen molar-refractivity contribution >= 4 is 0 Å². The lowest BCUT2D eigenvalue weighted by Crippen LogP contribution is -2.46. The van der Waals surface area contributed by atoms with Gasteiger partial charge in [-0.2, -0.15) is 0 Å². The molecule has 0 aromatic heterocycles. The molecule has 2 N–H and O–H groups in total. The van der Waals surface area contributed by atoms with Crippen LogP contribution in [0.4, 0.5) is 4.39 Å². The average Bonchev–Trinajstić information content (AvgIpc) is 2.56. The number of aryl methyl sites for hydroxylation is 1. The Morgan fingerprint density at radius 3 is 2.56 bits per heavy atom. The van der Waals surface area contributed by atoms with E-state index in [4.69, 9.17) is 5.73 Å². The average molecular weight is 248 g/mol. The summed E-state index contributed by atoms with van der Waals surface area (Å²) in [6.07, 6.45) is 4.80. The first-order valence-corrected chi connectivity index (χ1v) is 6.90. The molecule has 1 aromatic rings. The van der Waals surface area contributed by atoms with Crippen molar-refractivity contribution in [2.45, 2.75) is 57.3 Å². The fraction of sp³-hybridized carbons (Fsp3) is 0.600. The van der Waals surface area contributed by atoms with Gasteiger partial charge in [0, 0.05) is 24.7 Å². The minimum atomic E-state index is -0.139. The van der Waals surface area contributed by atoms with Crippen LogP contribution in [0, 0.1) is 12.7 Å². The van der Waals surface area contributed by atoms with E-state index in [1.54, 1.807) is 12.1 Å². The number of nitrogens with zero attached hydrogens (tertiary/aromatic N) is 1. The van der Waals surface area contributed by atoms with Crippen LogP contribution in [-0.4, -0.2) is 23.0 Å². The molecule has 2 nitrogen and oxygen atoms in total. The van der Waals surface area contributed by atoms with Gasteiger partial charge in [-0.3, -0.25) is 4.90 Å². The highest BCUT2D eigenvalue weighted by molar-refractivity contribution is 5.27. The molecule has 0 saturated carbocycles. The molecule has 18 heavy (non-hydrogen) atoms. The van der Waals surface area contributed by atoms with Crippen LogP contribution in [0.1, 0.15) is 36.8 Å². The lowest BCUT2D eigenvalue weighted by atomic mass is 9.97. The largest absolute Gasteiger partial charge is 0.328 e. The second-order valence-electron chi connectivity index (χ2n) is 5.86. The molecule has 0 amide bonds. The van der Waals surface area contributed by atoms with Crippen LogP contribution in [0.5, 0.6) is 0 Å². The standard InChI is InChI=1S/C15H21FN2/c1-10-6-12(16)3-2-11(10)9-18-14-4-5-15(18)8-13(17)7-14/h2-3,6,13-15H,4-5,7-9,17H2,1H3. The number of benzene rings is 1. The first-order valence-electron chi connectivity index (χ1n) is 6.90. The normalized spacial score (nSPS) is 31.8. The highest BCUT2D eigenvalue weighted by Gasteiger charge is 2.39. The number of piperidine rings is 1. The number of hydrogen-bond donors (Lipinski definition) is 1. The van der Waals surface area contributed by atoms with Gasteiger partial charge in [0.25, 0.3) is 0 Å². The number of halogens is 1. The van der Waals surface area contributed by atoms with Crippen molar-refractivity contribution in [3.05, 3.63) is 35.1 Å². The van der Waals surface area contributed by atoms with Gasteiger partial charge in [-0.05, 0) is 55.9 Å². The number of nitrogens with two attached hydrogens (primary N) is 1. The molecular formula is C15H21FN2. The summed E-state index contributed by atoms with van der Waals surface area (Å²) < 4.78 is 13.1. The molecular weight excluding hydrogens is 227 g/mol. The Hall–Kier alpha value is -0.930. The highest BCUT2D eigenvalue weighted by Crippen LogP contribution is 2.36. The molecule has 2 bridgehead atoms. The van der Waals surface area contributed by atoms with Gasteiger partial charge in [0.15, 0.2) is 0 Å². The SMILES string of the molecule is Cc1cc(F)ccc1CN1C2CCC1CC(N)C2. The van der Waals surface area contributed by atoms with Crippen LogP contribution in [0.25, 0.3) is 0 Å². The van der Waals surface area contributed by atoms with E-state index in [0.717, 1.165) is 24.9 Å². The highest BCUT2D eigenvalue weighted by atomic mass is 19.1. The van der Waals surface area contributed by atoms with Crippen molar-refractivity contribution in [1.29, 1.82) is 0 Å². The zero-order valence-electron chi connectivity index (χ0n) is 10.9. The number of fused-ring (bicyclic) bond motifs is 2. The maximum Gasteiger partial charge on any atom is 0.123 e. The number of rotatable bonds is 2. The molecule has 3 heteroatoms. The van der Waals surface area contributed by atoms with Crippen molar-refractivity contribution in [2.24, 2.45) is 5.73 Å². The van der Waals surface area contributed by atoms with E-state index in [9.17, 15) is 4.39 Å². The Labute approximate surface area is 108 Å². The summed E-state index contributed by atoms with van der Waals surface area (Å²) in [7, 11) is 0. The molecule has 2 aliphatic heterocycles. The van der Waals surface area contributed by atoms with Crippen LogP contribution in [0.3, 0.4) is 0 Å². The van der Waals surface area contributed by atoms with Gasteiger partial charge in [-0.25, -0.2) is 4.39 Å². The van der Waals surface area contributed by atoms with Gasteiger partial charge in [-0.15, -0.1) is 0 Å². The fourth-order valence-electron chi connectivity index (χ4n) is 3.61. The second kappa shape index (κ2) is 4.63. The zero-order valence-corrected chi connectivity index (χ0v) is 10.9. The first-order chi connectivity index (χ1) is 8.63. The van der Waals surface area contributed by atoms with Gasteiger partial charge >= 0.3 is 0 Å². The van der Waals surface area contributed by atoms with E-state index in [0.29, 0.717) is 18.1 Å². The molecule has 0 aliphatic carbocycles. The fourth-order valence-corrected chi connectivity index (χ4v) is 3.61. The topological polar surface area (TPSA) is 29.3 Å². The Balaban J connectivity index is 1.77. The Kier molecular flexibility index (Phi) is 3.12. The lowest BCUT2D eigenvalue weighted by molar-refractivity contribution is 0.119. The predicted octanol–water partition coefficient (Wildman–Crippen LogP) is 2.59. The van der Waals surface area contributed by atoms with E-state index in [2.05, 4.69) is 4.90 Å². The van der Waals surface area contributed by atoms with E-state index in [1.165, 1.54) is 18.4 Å². The summed E-state index contributed by atoms with van der Waals surface area (Å²) in [6.45, 7) is 2.95. The third-order valence-corrected chi connectivity index (χ3v) is 4.58. The summed E-state index contributed by atoms with van der Waals surface area (Å²) in [6, 6.07) is 6.80. The molecule has 0 spiro atoms. The molecule has 0 radical (unpaired) electrons. The lowest BCUT2D eigenvalue weighted by Gasteiger charge is -2.38. The maximum atomic E-state index is 13.1.